The minimum atomic E-state index is -0.380. The van der Waals surface area contributed by atoms with Crippen LogP contribution in [0.4, 0.5) is 5.69 Å². The minimum Gasteiger partial charge on any atom is -0.497 e. The van der Waals surface area contributed by atoms with Crippen LogP contribution in [0.2, 0.25) is 10.0 Å². The zero-order chi connectivity index (χ0) is 24.2. The Hall–Kier alpha value is -3.42. The Bertz CT molecular complexity index is 1310. The van der Waals surface area contributed by atoms with E-state index >= 15 is 0 Å². The summed E-state index contributed by atoms with van der Waals surface area (Å²) in [5, 5.41) is 8.55. The molecule has 1 amide bonds. The van der Waals surface area contributed by atoms with Crippen LogP contribution in [0.15, 0.2) is 59.0 Å². The molecule has 0 bridgehead atoms. The van der Waals surface area contributed by atoms with Crippen LogP contribution in [0.1, 0.15) is 33.3 Å². The molecule has 9 heteroatoms. The van der Waals surface area contributed by atoms with Crippen molar-refractivity contribution in [2.45, 2.75) is 27.0 Å². The highest BCUT2D eigenvalue weighted by Gasteiger charge is 2.19. The molecule has 0 aliphatic carbocycles. The second-order valence-electron chi connectivity index (χ2n) is 7.59. The van der Waals surface area contributed by atoms with Gasteiger partial charge in [-0.1, -0.05) is 35.3 Å². The number of nitrogens with zero attached hydrogens (tertiary/aromatic N) is 2. The number of benzene rings is 2. The summed E-state index contributed by atoms with van der Waals surface area (Å²) in [5.41, 5.74) is 2.82. The number of aryl methyl sites for hydroxylation is 1. The highest BCUT2D eigenvalue weighted by molar-refractivity contribution is 6.36. The summed E-state index contributed by atoms with van der Waals surface area (Å²) in [7, 11) is 1.59. The summed E-state index contributed by atoms with van der Waals surface area (Å²) in [4.78, 5) is 12.8. The van der Waals surface area contributed by atoms with Crippen molar-refractivity contribution in [3.8, 4) is 11.5 Å². The van der Waals surface area contributed by atoms with Crippen molar-refractivity contribution >= 4 is 34.8 Å². The van der Waals surface area contributed by atoms with E-state index in [1.165, 1.54) is 0 Å². The van der Waals surface area contributed by atoms with Crippen molar-refractivity contribution in [3.63, 3.8) is 0 Å². The number of hydrogen-bond donors (Lipinski definition) is 1. The standard InChI is InChI=1S/C25H23Cl2N3O4/c1-15-24(16(2)30(29-15)13-20-21(26)8-5-9-22(20)27)28-25(31)23-11-10-19(34-23)14-33-18-7-4-6-17(12-18)32-3/h4-12H,13-14H2,1-3H3,(H,28,31). The van der Waals surface area contributed by atoms with E-state index in [0.717, 1.165) is 11.3 Å². The van der Waals surface area contributed by atoms with Gasteiger partial charge in [0.2, 0.25) is 0 Å². The highest BCUT2D eigenvalue weighted by atomic mass is 35.5. The van der Waals surface area contributed by atoms with Gasteiger partial charge in [-0.05, 0) is 50.2 Å². The number of rotatable bonds is 8. The van der Waals surface area contributed by atoms with Crippen LogP contribution in [0.5, 0.6) is 11.5 Å². The molecule has 2 heterocycles. The number of carbonyl (C=O) groups is 1. The SMILES string of the molecule is COc1cccc(OCc2ccc(C(=O)Nc3c(C)nn(Cc4c(Cl)cccc4Cl)c3C)o2)c1. The minimum absolute atomic E-state index is 0.171. The zero-order valence-electron chi connectivity index (χ0n) is 18.9. The van der Waals surface area contributed by atoms with Crippen molar-refractivity contribution in [1.82, 2.24) is 9.78 Å². The number of hydrogen-bond acceptors (Lipinski definition) is 5. The number of ether oxygens (including phenoxy) is 2. The molecule has 34 heavy (non-hydrogen) atoms. The van der Waals surface area contributed by atoms with Crippen molar-refractivity contribution in [3.05, 3.63) is 93.1 Å². The Morgan fingerprint density at radius 1 is 1.06 bits per heavy atom. The van der Waals surface area contributed by atoms with E-state index in [-0.39, 0.29) is 18.3 Å². The number of halogens is 2. The summed E-state index contributed by atoms with van der Waals surface area (Å²) in [6.45, 7) is 4.25. The fraction of sp³-hybridized carbons (Fsp3) is 0.200. The Balaban J connectivity index is 1.43. The maximum absolute atomic E-state index is 12.8. The lowest BCUT2D eigenvalue weighted by molar-refractivity contribution is 0.0992. The van der Waals surface area contributed by atoms with Gasteiger partial charge < -0.3 is 19.2 Å². The molecule has 0 atom stereocenters. The highest BCUT2D eigenvalue weighted by Crippen LogP contribution is 2.28. The molecule has 4 rings (SSSR count). The van der Waals surface area contributed by atoms with Crippen molar-refractivity contribution in [2.75, 3.05) is 12.4 Å². The van der Waals surface area contributed by atoms with E-state index in [2.05, 4.69) is 10.4 Å². The first-order valence-electron chi connectivity index (χ1n) is 10.5. The van der Waals surface area contributed by atoms with Crippen LogP contribution in [-0.2, 0) is 13.2 Å². The molecule has 0 spiro atoms. The van der Waals surface area contributed by atoms with Gasteiger partial charge in [-0.15, -0.1) is 0 Å². The van der Waals surface area contributed by atoms with Gasteiger partial charge in [0.05, 0.1) is 30.7 Å². The van der Waals surface area contributed by atoms with Crippen LogP contribution < -0.4 is 14.8 Å². The predicted octanol–water partition coefficient (Wildman–Crippen LogP) is 6.29. The van der Waals surface area contributed by atoms with E-state index in [1.54, 1.807) is 48.2 Å². The largest absolute Gasteiger partial charge is 0.497 e. The second-order valence-corrected chi connectivity index (χ2v) is 8.41. The zero-order valence-corrected chi connectivity index (χ0v) is 20.4. The second kappa shape index (κ2) is 10.2. The first kappa shape index (κ1) is 23.7. The molecule has 0 unspecified atom stereocenters. The molecule has 0 aliphatic heterocycles. The number of furan rings is 1. The molecule has 4 aromatic rings. The molecule has 2 aromatic carbocycles. The Morgan fingerprint density at radius 3 is 2.50 bits per heavy atom. The van der Waals surface area contributed by atoms with Gasteiger partial charge in [0.1, 0.15) is 23.9 Å². The van der Waals surface area contributed by atoms with Gasteiger partial charge in [-0.3, -0.25) is 9.48 Å². The smallest absolute Gasteiger partial charge is 0.291 e. The van der Waals surface area contributed by atoms with Crippen LogP contribution in [-0.4, -0.2) is 22.8 Å². The van der Waals surface area contributed by atoms with Gasteiger partial charge >= 0.3 is 0 Å². The Kier molecular flexibility index (Phi) is 7.14. The number of carbonyl (C=O) groups excluding carboxylic acids is 1. The van der Waals surface area contributed by atoms with Crippen LogP contribution in [0.3, 0.4) is 0 Å². The molecule has 0 aliphatic rings. The summed E-state index contributed by atoms with van der Waals surface area (Å²) in [5.74, 6) is 1.64. The molecule has 176 valence electrons. The molecule has 1 N–H and O–H groups in total. The van der Waals surface area contributed by atoms with Crippen LogP contribution in [0.25, 0.3) is 0 Å². The normalized spacial score (nSPS) is 10.9. The number of aromatic nitrogens is 2. The van der Waals surface area contributed by atoms with Gasteiger partial charge in [0.15, 0.2) is 5.76 Å². The average molecular weight is 500 g/mol. The van der Waals surface area contributed by atoms with E-state index in [9.17, 15) is 4.79 Å². The molecule has 2 aromatic heterocycles. The maximum atomic E-state index is 12.8. The monoisotopic (exact) mass is 499 g/mol. The Labute approximate surface area is 207 Å². The van der Waals surface area contributed by atoms with Crippen LogP contribution >= 0.6 is 23.2 Å². The quantitative estimate of drug-likeness (QED) is 0.308. The molecule has 7 nitrogen and oxygen atoms in total. The third-order valence-electron chi connectivity index (χ3n) is 5.30. The molecule has 0 saturated heterocycles. The number of nitrogens with one attached hydrogen (secondary N) is 1. The summed E-state index contributed by atoms with van der Waals surface area (Å²) in [6.07, 6.45) is 0. The molecular weight excluding hydrogens is 477 g/mol. The fourth-order valence-corrected chi connectivity index (χ4v) is 3.98. The number of amides is 1. The van der Waals surface area contributed by atoms with Crippen LogP contribution in [0, 0.1) is 13.8 Å². The third kappa shape index (κ3) is 5.21. The van der Waals surface area contributed by atoms with Gasteiger partial charge in [-0.25, -0.2) is 0 Å². The first-order valence-corrected chi connectivity index (χ1v) is 11.2. The topological polar surface area (TPSA) is 78.5 Å². The third-order valence-corrected chi connectivity index (χ3v) is 6.01. The molecule has 0 saturated carbocycles. The fourth-order valence-electron chi connectivity index (χ4n) is 3.46. The lowest BCUT2D eigenvalue weighted by Gasteiger charge is -2.09. The van der Waals surface area contributed by atoms with Gasteiger partial charge in [-0.2, -0.15) is 5.10 Å². The van der Waals surface area contributed by atoms with Gasteiger partial charge in [0, 0.05) is 21.7 Å². The number of anilines is 1. The molecule has 0 radical (unpaired) electrons. The van der Waals surface area contributed by atoms with Crippen molar-refractivity contribution < 1.29 is 18.7 Å². The molecule has 0 fully saturated rings. The summed E-state index contributed by atoms with van der Waals surface area (Å²) in [6, 6.07) is 15.9. The number of methoxy groups -OCH3 is 1. The van der Waals surface area contributed by atoms with E-state index in [0.29, 0.717) is 45.2 Å². The average Bonchev–Trinajstić information content (AvgIpc) is 3.41. The first-order chi connectivity index (χ1) is 16.4. The van der Waals surface area contributed by atoms with Gasteiger partial charge in [0.25, 0.3) is 5.91 Å². The summed E-state index contributed by atoms with van der Waals surface area (Å²) >= 11 is 12.6. The maximum Gasteiger partial charge on any atom is 0.291 e. The predicted molar refractivity (Wildman–Crippen MR) is 131 cm³/mol. The van der Waals surface area contributed by atoms with Crippen molar-refractivity contribution in [1.29, 1.82) is 0 Å². The van der Waals surface area contributed by atoms with Crippen molar-refractivity contribution in [2.24, 2.45) is 0 Å². The lowest BCUT2D eigenvalue weighted by Crippen LogP contribution is -2.12. The molecular formula is C25H23Cl2N3O4. The van der Waals surface area contributed by atoms with E-state index in [4.69, 9.17) is 37.1 Å². The van der Waals surface area contributed by atoms with E-state index in [1.807, 2.05) is 32.0 Å². The van der Waals surface area contributed by atoms with E-state index < -0.39 is 0 Å². The lowest BCUT2D eigenvalue weighted by atomic mass is 10.2. The summed E-state index contributed by atoms with van der Waals surface area (Å²) < 4.78 is 18.3. The Morgan fingerprint density at radius 2 is 1.76 bits per heavy atom.